The van der Waals surface area contributed by atoms with E-state index in [-0.39, 0.29) is 11.7 Å². The number of amides is 1. The van der Waals surface area contributed by atoms with Crippen LogP contribution in [-0.4, -0.2) is 21.4 Å². The van der Waals surface area contributed by atoms with Crippen molar-refractivity contribution in [1.29, 1.82) is 0 Å². The lowest BCUT2D eigenvalue weighted by molar-refractivity contribution is -0.113. The van der Waals surface area contributed by atoms with E-state index in [9.17, 15) is 4.79 Å². The second-order valence-electron chi connectivity index (χ2n) is 4.32. The molecule has 3 N–H and O–H groups in total. The SMILES string of the molecule is Cc1cc(SCC(=O)Nc2cc(N)ccc2Cl)n(C)n1. The van der Waals surface area contributed by atoms with Crippen molar-refractivity contribution in [2.75, 3.05) is 16.8 Å². The molecule has 0 atom stereocenters. The number of nitrogens with two attached hydrogens (primary N) is 1. The molecular weight excluding hydrogens is 296 g/mol. The van der Waals surface area contributed by atoms with Gasteiger partial charge in [0.05, 0.1) is 27.2 Å². The summed E-state index contributed by atoms with van der Waals surface area (Å²) in [6, 6.07) is 6.92. The van der Waals surface area contributed by atoms with Gasteiger partial charge in [-0.3, -0.25) is 9.48 Å². The molecule has 2 rings (SSSR count). The van der Waals surface area contributed by atoms with Crippen LogP contribution in [0.5, 0.6) is 0 Å². The fourth-order valence-corrected chi connectivity index (χ4v) is 2.68. The number of nitrogens with one attached hydrogen (secondary N) is 1. The van der Waals surface area contributed by atoms with Crippen LogP contribution in [0.4, 0.5) is 11.4 Å². The first-order valence-electron chi connectivity index (χ1n) is 5.94. The molecule has 1 amide bonds. The van der Waals surface area contributed by atoms with E-state index in [1.54, 1.807) is 22.9 Å². The van der Waals surface area contributed by atoms with Crippen LogP contribution in [0.25, 0.3) is 0 Å². The van der Waals surface area contributed by atoms with E-state index in [2.05, 4.69) is 10.4 Å². The van der Waals surface area contributed by atoms with Gasteiger partial charge in [-0.15, -0.1) is 0 Å². The third-order valence-electron chi connectivity index (χ3n) is 2.57. The van der Waals surface area contributed by atoms with Gasteiger partial charge >= 0.3 is 0 Å². The van der Waals surface area contributed by atoms with Crippen LogP contribution >= 0.6 is 23.4 Å². The van der Waals surface area contributed by atoms with Gasteiger partial charge in [0.1, 0.15) is 0 Å². The van der Waals surface area contributed by atoms with Crippen molar-refractivity contribution >= 4 is 40.6 Å². The van der Waals surface area contributed by atoms with E-state index < -0.39 is 0 Å². The van der Waals surface area contributed by atoms with Crippen molar-refractivity contribution in [1.82, 2.24) is 9.78 Å². The molecule has 0 saturated heterocycles. The number of anilines is 2. The minimum Gasteiger partial charge on any atom is -0.399 e. The average molecular weight is 311 g/mol. The molecular formula is C13H15ClN4OS. The molecule has 0 unspecified atom stereocenters. The lowest BCUT2D eigenvalue weighted by Crippen LogP contribution is -2.14. The molecule has 1 aromatic heterocycles. The normalized spacial score (nSPS) is 10.6. The number of aromatic nitrogens is 2. The Morgan fingerprint density at radius 1 is 1.50 bits per heavy atom. The van der Waals surface area contributed by atoms with E-state index in [0.29, 0.717) is 16.4 Å². The maximum atomic E-state index is 11.9. The smallest absolute Gasteiger partial charge is 0.234 e. The topological polar surface area (TPSA) is 72.9 Å². The van der Waals surface area contributed by atoms with Crippen LogP contribution in [0.1, 0.15) is 5.69 Å². The largest absolute Gasteiger partial charge is 0.399 e. The first-order valence-corrected chi connectivity index (χ1v) is 7.30. The summed E-state index contributed by atoms with van der Waals surface area (Å²) in [6.45, 7) is 1.91. The van der Waals surface area contributed by atoms with Crippen molar-refractivity contribution in [3.05, 3.63) is 35.0 Å². The number of benzene rings is 1. The van der Waals surface area contributed by atoms with Crippen molar-refractivity contribution in [2.45, 2.75) is 11.9 Å². The van der Waals surface area contributed by atoms with Gasteiger partial charge in [0.2, 0.25) is 5.91 Å². The molecule has 0 aliphatic rings. The fourth-order valence-electron chi connectivity index (χ4n) is 1.69. The number of hydrogen-bond donors (Lipinski definition) is 2. The van der Waals surface area contributed by atoms with Crippen LogP contribution in [0.3, 0.4) is 0 Å². The summed E-state index contributed by atoms with van der Waals surface area (Å²) in [5.41, 5.74) is 7.67. The Bertz CT molecular complexity index is 641. The van der Waals surface area contributed by atoms with Crippen LogP contribution in [0.15, 0.2) is 29.3 Å². The van der Waals surface area contributed by atoms with E-state index >= 15 is 0 Å². The summed E-state index contributed by atoms with van der Waals surface area (Å²) < 4.78 is 1.75. The van der Waals surface area contributed by atoms with Crippen LogP contribution < -0.4 is 11.1 Å². The second-order valence-corrected chi connectivity index (χ2v) is 5.73. The average Bonchev–Trinajstić information content (AvgIpc) is 2.70. The molecule has 0 bridgehead atoms. The number of halogens is 1. The van der Waals surface area contributed by atoms with E-state index in [1.165, 1.54) is 11.8 Å². The summed E-state index contributed by atoms with van der Waals surface area (Å²) >= 11 is 7.41. The predicted octanol–water partition coefficient (Wildman–Crippen LogP) is 2.69. The number of hydrogen-bond acceptors (Lipinski definition) is 4. The summed E-state index contributed by atoms with van der Waals surface area (Å²) in [5.74, 6) is 0.144. The summed E-state index contributed by atoms with van der Waals surface area (Å²) in [5, 5.41) is 8.38. The van der Waals surface area contributed by atoms with Crippen molar-refractivity contribution in [3.8, 4) is 0 Å². The Morgan fingerprint density at radius 3 is 2.90 bits per heavy atom. The van der Waals surface area contributed by atoms with Crippen LogP contribution in [-0.2, 0) is 11.8 Å². The van der Waals surface area contributed by atoms with E-state index in [4.69, 9.17) is 17.3 Å². The van der Waals surface area contributed by atoms with E-state index in [1.807, 2.05) is 20.0 Å². The Balaban J connectivity index is 1.96. The third-order valence-corrected chi connectivity index (χ3v) is 3.99. The molecule has 7 heteroatoms. The Labute approximate surface area is 126 Å². The second kappa shape index (κ2) is 6.19. The van der Waals surface area contributed by atoms with Crippen molar-refractivity contribution in [2.24, 2.45) is 7.05 Å². The molecule has 0 aliphatic carbocycles. The number of carbonyl (C=O) groups is 1. The zero-order valence-corrected chi connectivity index (χ0v) is 12.8. The quantitative estimate of drug-likeness (QED) is 0.672. The standard InChI is InChI=1S/C13H15ClN4OS/c1-8-5-13(18(2)17-8)20-7-12(19)16-11-6-9(15)3-4-10(11)14/h3-6H,7,15H2,1-2H3,(H,16,19). The highest BCUT2D eigenvalue weighted by Gasteiger charge is 2.09. The molecule has 106 valence electrons. The maximum absolute atomic E-state index is 11.9. The summed E-state index contributed by atoms with van der Waals surface area (Å²) in [4.78, 5) is 11.9. The maximum Gasteiger partial charge on any atom is 0.234 e. The van der Waals surface area contributed by atoms with Gasteiger partial charge in [-0.2, -0.15) is 5.10 Å². The molecule has 0 radical (unpaired) electrons. The van der Waals surface area contributed by atoms with E-state index in [0.717, 1.165) is 10.7 Å². The molecule has 1 aromatic carbocycles. The van der Waals surface area contributed by atoms with Gasteiger partial charge in [0, 0.05) is 12.7 Å². The number of rotatable bonds is 4. The molecule has 1 heterocycles. The number of thioether (sulfide) groups is 1. The predicted molar refractivity (Wildman–Crippen MR) is 83.2 cm³/mol. The molecule has 20 heavy (non-hydrogen) atoms. The highest BCUT2D eigenvalue weighted by Crippen LogP contribution is 2.25. The first-order chi connectivity index (χ1) is 9.45. The highest BCUT2D eigenvalue weighted by molar-refractivity contribution is 7.99. The lowest BCUT2D eigenvalue weighted by Gasteiger charge is -2.08. The zero-order valence-electron chi connectivity index (χ0n) is 11.2. The summed E-state index contributed by atoms with van der Waals surface area (Å²) in [7, 11) is 1.85. The fraction of sp³-hybridized carbons (Fsp3) is 0.231. The van der Waals surface area contributed by atoms with Gasteiger partial charge in [-0.1, -0.05) is 23.4 Å². The molecule has 2 aromatic rings. The number of nitrogens with zero attached hydrogens (tertiary/aromatic N) is 2. The first kappa shape index (κ1) is 14.7. The Morgan fingerprint density at radius 2 is 2.25 bits per heavy atom. The van der Waals surface area contributed by atoms with Crippen LogP contribution in [0.2, 0.25) is 5.02 Å². The number of aryl methyl sites for hydroxylation is 2. The number of carbonyl (C=O) groups excluding carboxylic acids is 1. The number of nitrogen functional groups attached to an aromatic ring is 1. The minimum atomic E-state index is -0.138. The van der Waals surface area contributed by atoms with Gasteiger partial charge < -0.3 is 11.1 Å². The zero-order chi connectivity index (χ0) is 14.7. The molecule has 0 fully saturated rings. The third kappa shape index (κ3) is 3.68. The van der Waals surface area contributed by atoms with Crippen LogP contribution in [0, 0.1) is 6.92 Å². The lowest BCUT2D eigenvalue weighted by atomic mass is 10.3. The van der Waals surface area contributed by atoms with Gasteiger partial charge in [-0.25, -0.2) is 0 Å². The van der Waals surface area contributed by atoms with Crippen molar-refractivity contribution < 1.29 is 4.79 Å². The molecule has 5 nitrogen and oxygen atoms in total. The van der Waals surface area contributed by atoms with Gasteiger partial charge in [0.15, 0.2) is 0 Å². The molecule has 0 spiro atoms. The minimum absolute atomic E-state index is 0.138. The highest BCUT2D eigenvalue weighted by atomic mass is 35.5. The Hall–Kier alpha value is -1.66. The summed E-state index contributed by atoms with van der Waals surface area (Å²) in [6.07, 6.45) is 0. The van der Waals surface area contributed by atoms with Gasteiger partial charge in [-0.05, 0) is 31.2 Å². The monoisotopic (exact) mass is 310 g/mol. The molecule has 0 aliphatic heterocycles. The van der Waals surface area contributed by atoms with Gasteiger partial charge in [0.25, 0.3) is 0 Å². The molecule has 0 saturated carbocycles. The van der Waals surface area contributed by atoms with Crippen molar-refractivity contribution in [3.63, 3.8) is 0 Å². The Kier molecular flexibility index (Phi) is 4.57.